The maximum Gasteiger partial charge on any atom is 0.308 e. The Balaban J connectivity index is 1.69. The highest BCUT2D eigenvalue weighted by Gasteiger charge is 2.18. The van der Waals surface area contributed by atoms with Crippen LogP contribution in [0, 0.1) is 10.1 Å². The molecule has 148 valence electrons. The second-order valence-corrected chi connectivity index (χ2v) is 5.74. The van der Waals surface area contributed by atoms with Gasteiger partial charge >= 0.3 is 5.97 Å². The Morgan fingerprint density at radius 1 is 1.18 bits per heavy atom. The number of carbonyl (C=O) groups excluding carboxylic acids is 3. The molecule has 1 aromatic heterocycles. The van der Waals surface area contributed by atoms with E-state index in [4.69, 9.17) is 9.15 Å². The maximum atomic E-state index is 11.9. The maximum absolute atomic E-state index is 11.9. The first kappa shape index (κ1) is 20.6. The van der Waals surface area contributed by atoms with Crippen LogP contribution < -0.4 is 10.6 Å². The molecule has 0 spiro atoms. The summed E-state index contributed by atoms with van der Waals surface area (Å²) in [6.45, 7) is 1.61. The van der Waals surface area contributed by atoms with Gasteiger partial charge in [0.2, 0.25) is 0 Å². The van der Waals surface area contributed by atoms with Crippen LogP contribution in [0.2, 0.25) is 0 Å². The molecule has 1 heterocycles. The van der Waals surface area contributed by atoms with E-state index >= 15 is 0 Å². The van der Waals surface area contributed by atoms with Crippen LogP contribution in [0.15, 0.2) is 47.1 Å². The molecular formula is C18H19N3O7. The average Bonchev–Trinajstić information content (AvgIpc) is 3.19. The molecule has 2 aromatic rings. The topological polar surface area (TPSA) is 141 Å². The molecule has 28 heavy (non-hydrogen) atoms. The minimum absolute atomic E-state index is 0.00457. The van der Waals surface area contributed by atoms with E-state index in [9.17, 15) is 24.5 Å². The number of furan rings is 1. The van der Waals surface area contributed by atoms with Crippen LogP contribution in [0.5, 0.6) is 0 Å². The predicted molar refractivity (Wildman–Crippen MR) is 96.2 cm³/mol. The van der Waals surface area contributed by atoms with Crippen LogP contribution in [-0.4, -0.2) is 35.4 Å². The summed E-state index contributed by atoms with van der Waals surface area (Å²) in [5.74, 6) is -1.03. The molecule has 0 saturated carbocycles. The standard InChI is InChI=1S/C18H19N3O7/c1-12(17(23)20-11-15-3-2-10-27-15)28-16(22)8-9-19-18(24)13-4-6-14(7-5-13)21(25)26/h2-7,10,12H,8-9,11H2,1H3,(H,19,24)(H,20,23)/t12-/m0/s1. The number of nitrogens with one attached hydrogen (secondary N) is 2. The number of carbonyl (C=O) groups is 3. The number of amides is 2. The second kappa shape index (κ2) is 9.86. The summed E-state index contributed by atoms with van der Waals surface area (Å²) in [5, 5.41) is 15.7. The molecule has 1 aromatic carbocycles. The first-order valence-corrected chi connectivity index (χ1v) is 8.39. The molecule has 2 rings (SSSR count). The summed E-state index contributed by atoms with van der Waals surface area (Å²) < 4.78 is 10.1. The van der Waals surface area contributed by atoms with Crippen LogP contribution >= 0.6 is 0 Å². The van der Waals surface area contributed by atoms with Gasteiger partial charge in [-0.3, -0.25) is 24.5 Å². The van der Waals surface area contributed by atoms with Gasteiger partial charge in [0.1, 0.15) is 5.76 Å². The molecule has 2 N–H and O–H groups in total. The first-order chi connectivity index (χ1) is 13.4. The van der Waals surface area contributed by atoms with Crippen molar-refractivity contribution in [2.75, 3.05) is 6.54 Å². The van der Waals surface area contributed by atoms with Gasteiger partial charge in [-0.15, -0.1) is 0 Å². The Morgan fingerprint density at radius 2 is 1.89 bits per heavy atom. The smallest absolute Gasteiger partial charge is 0.308 e. The molecule has 0 aliphatic rings. The van der Waals surface area contributed by atoms with E-state index in [1.165, 1.54) is 37.5 Å². The summed E-state index contributed by atoms with van der Waals surface area (Å²) in [5.41, 5.74) is 0.101. The summed E-state index contributed by atoms with van der Waals surface area (Å²) in [4.78, 5) is 45.6. The van der Waals surface area contributed by atoms with Gasteiger partial charge in [0.15, 0.2) is 6.10 Å². The van der Waals surface area contributed by atoms with Crippen molar-refractivity contribution < 1.29 is 28.5 Å². The van der Waals surface area contributed by atoms with E-state index in [1.807, 2.05) is 0 Å². The molecule has 1 atom stereocenters. The zero-order valence-electron chi connectivity index (χ0n) is 15.0. The van der Waals surface area contributed by atoms with Crippen molar-refractivity contribution in [3.8, 4) is 0 Å². The van der Waals surface area contributed by atoms with Crippen molar-refractivity contribution in [1.82, 2.24) is 10.6 Å². The minimum atomic E-state index is -0.993. The first-order valence-electron chi connectivity index (χ1n) is 8.39. The van der Waals surface area contributed by atoms with Gasteiger partial charge in [-0.05, 0) is 31.2 Å². The third kappa shape index (κ3) is 6.24. The van der Waals surface area contributed by atoms with Crippen molar-refractivity contribution in [2.24, 2.45) is 0 Å². The third-order valence-electron chi connectivity index (χ3n) is 3.65. The fourth-order valence-electron chi connectivity index (χ4n) is 2.16. The number of esters is 1. The zero-order chi connectivity index (χ0) is 20.5. The number of benzene rings is 1. The number of non-ortho nitro benzene ring substituents is 1. The average molecular weight is 389 g/mol. The SMILES string of the molecule is C[C@H](OC(=O)CCNC(=O)c1ccc([N+](=O)[O-])cc1)C(=O)NCc1ccco1. The number of ether oxygens (including phenoxy) is 1. The number of hydrogen-bond acceptors (Lipinski definition) is 7. The molecule has 10 heteroatoms. The molecular weight excluding hydrogens is 370 g/mol. The van der Waals surface area contributed by atoms with Crippen molar-refractivity contribution in [2.45, 2.75) is 26.0 Å². The van der Waals surface area contributed by atoms with E-state index in [0.717, 1.165) is 0 Å². The number of nitro benzene ring substituents is 1. The Kier molecular flexibility index (Phi) is 7.26. The van der Waals surface area contributed by atoms with Gasteiger partial charge in [0.25, 0.3) is 17.5 Å². The van der Waals surface area contributed by atoms with E-state index < -0.39 is 28.8 Å². The highest BCUT2D eigenvalue weighted by molar-refractivity contribution is 5.94. The number of nitro groups is 1. The van der Waals surface area contributed by atoms with Crippen LogP contribution in [0.3, 0.4) is 0 Å². The fourth-order valence-corrected chi connectivity index (χ4v) is 2.16. The van der Waals surface area contributed by atoms with Gasteiger partial charge in [0.05, 0.1) is 24.2 Å². The molecule has 0 aliphatic heterocycles. The Labute approximate surface area is 160 Å². The van der Waals surface area contributed by atoms with E-state index in [-0.39, 0.29) is 30.8 Å². The highest BCUT2D eigenvalue weighted by Crippen LogP contribution is 2.11. The molecule has 0 radical (unpaired) electrons. The van der Waals surface area contributed by atoms with Gasteiger partial charge in [-0.25, -0.2) is 0 Å². The summed E-state index contributed by atoms with van der Waals surface area (Å²) in [7, 11) is 0. The van der Waals surface area contributed by atoms with Crippen molar-refractivity contribution >= 4 is 23.5 Å². The molecule has 0 aliphatic carbocycles. The summed E-state index contributed by atoms with van der Waals surface area (Å²) in [6, 6.07) is 8.45. The van der Waals surface area contributed by atoms with Crippen molar-refractivity contribution in [1.29, 1.82) is 0 Å². The fraction of sp³-hybridized carbons (Fsp3) is 0.278. The number of hydrogen-bond donors (Lipinski definition) is 2. The molecule has 0 bridgehead atoms. The van der Waals surface area contributed by atoms with Gasteiger partial charge in [0, 0.05) is 24.2 Å². The van der Waals surface area contributed by atoms with Crippen molar-refractivity contribution in [3.63, 3.8) is 0 Å². The summed E-state index contributed by atoms with van der Waals surface area (Å²) >= 11 is 0. The Morgan fingerprint density at radius 3 is 2.50 bits per heavy atom. The minimum Gasteiger partial charge on any atom is -0.467 e. The van der Waals surface area contributed by atoms with Gasteiger partial charge in [-0.2, -0.15) is 0 Å². The lowest BCUT2D eigenvalue weighted by atomic mass is 10.2. The van der Waals surface area contributed by atoms with Gasteiger partial charge < -0.3 is 19.8 Å². The molecule has 0 unspecified atom stereocenters. The molecule has 2 amide bonds. The Hall–Kier alpha value is -3.69. The van der Waals surface area contributed by atoms with Crippen LogP contribution in [0.1, 0.15) is 29.5 Å². The normalized spacial score (nSPS) is 11.3. The number of nitrogens with zero attached hydrogens (tertiary/aromatic N) is 1. The monoisotopic (exact) mass is 389 g/mol. The largest absolute Gasteiger partial charge is 0.467 e. The van der Waals surface area contributed by atoms with Crippen LogP contribution in [0.4, 0.5) is 5.69 Å². The quantitative estimate of drug-likeness (QED) is 0.376. The van der Waals surface area contributed by atoms with E-state index in [1.54, 1.807) is 12.1 Å². The third-order valence-corrected chi connectivity index (χ3v) is 3.65. The Bertz CT molecular complexity index is 831. The lowest BCUT2D eigenvalue weighted by Gasteiger charge is -2.13. The lowest BCUT2D eigenvalue weighted by Crippen LogP contribution is -2.36. The highest BCUT2D eigenvalue weighted by atomic mass is 16.6. The number of rotatable bonds is 9. The zero-order valence-corrected chi connectivity index (χ0v) is 15.0. The van der Waals surface area contributed by atoms with Crippen LogP contribution in [-0.2, 0) is 20.9 Å². The lowest BCUT2D eigenvalue weighted by molar-refractivity contribution is -0.384. The molecule has 10 nitrogen and oxygen atoms in total. The summed E-state index contributed by atoms with van der Waals surface area (Å²) in [6.07, 6.45) is 0.359. The van der Waals surface area contributed by atoms with Crippen LogP contribution in [0.25, 0.3) is 0 Å². The van der Waals surface area contributed by atoms with E-state index in [2.05, 4.69) is 10.6 Å². The molecule has 0 fully saturated rings. The van der Waals surface area contributed by atoms with Crippen molar-refractivity contribution in [3.05, 3.63) is 64.1 Å². The van der Waals surface area contributed by atoms with E-state index in [0.29, 0.717) is 5.76 Å². The second-order valence-electron chi connectivity index (χ2n) is 5.74. The van der Waals surface area contributed by atoms with Gasteiger partial charge in [-0.1, -0.05) is 0 Å². The predicted octanol–water partition coefficient (Wildman–Crippen LogP) is 1.56. The molecule has 0 saturated heterocycles.